The van der Waals surface area contributed by atoms with Crippen molar-refractivity contribution in [2.24, 2.45) is 0 Å². The second kappa shape index (κ2) is 5.26. The van der Waals surface area contributed by atoms with Gasteiger partial charge in [0, 0.05) is 11.8 Å². The van der Waals surface area contributed by atoms with Crippen LogP contribution in [-0.4, -0.2) is 13.4 Å². The van der Waals surface area contributed by atoms with Crippen molar-refractivity contribution in [2.75, 3.05) is 4.72 Å². The monoisotopic (exact) mass is 316 g/mol. The van der Waals surface area contributed by atoms with Gasteiger partial charge in [0.15, 0.2) is 0 Å². The number of nitrogens with one attached hydrogen (secondary N) is 2. The van der Waals surface area contributed by atoms with E-state index in [0.29, 0.717) is 5.56 Å². The number of pyridine rings is 1. The van der Waals surface area contributed by atoms with Gasteiger partial charge in [-0.25, -0.2) is 12.8 Å². The second-order valence-electron chi connectivity index (χ2n) is 4.06. The number of hydrogen-bond donors (Lipinski definition) is 2. The minimum Gasteiger partial charge on any atom is -0.327 e. The fourth-order valence-corrected chi connectivity index (χ4v) is 3.25. The lowest BCUT2D eigenvalue weighted by Gasteiger charge is -2.10. The van der Waals surface area contributed by atoms with Crippen LogP contribution in [0.15, 0.2) is 40.2 Å². The van der Waals surface area contributed by atoms with E-state index in [0.717, 1.165) is 6.07 Å². The molecule has 0 aliphatic rings. The first-order chi connectivity index (χ1) is 9.31. The lowest BCUT2D eigenvalue weighted by Crippen LogP contribution is -2.17. The molecule has 2 N–H and O–H groups in total. The van der Waals surface area contributed by atoms with Crippen LogP contribution in [0, 0.1) is 12.7 Å². The maximum absolute atomic E-state index is 13.6. The zero-order chi connectivity index (χ0) is 14.9. The van der Waals surface area contributed by atoms with Crippen LogP contribution in [0.2, 0.25) is 5.02 Å². The normalized spacial score (nSPS) is 11.3. The Morgan fingerprint density at radius 3 is 2.65 bits per heavy atom. The summed E-state index contributed by atoms with van der Waals surface area (Å²) >= 11 is 5.72. The molecule has 0 saturated carbocycles. The van der Waals surface area contributed by atoms with Gasteiger partial charge in [-0.05, 0) is 25.1 Å². The molecule has 0 amide bonds. The molecule has 0 aliphatic carbocycles. The lowest BCUT2D eigenvalue weighted by molar-refractivity contribution is 0.570. The van der Waals surface area contributed by atoms with Crippen molar-refractivity contribution in [2.45, 2.75) is 11.8 Å². The van der Waals surface area contributed by atoms with Gasteiger partial charge < -0.3 is 4.98 Å². The fraction of sp³-hybridized carbons (Fsp3) is 0.0833. The van der Waals surface area contributed by atoms with Crippen molar-refractivity contribution in [1.29, 1.82) is 0 Å². The van der Waals surface area contributed by atoms with E-state index in [9.17, 15) is 17.6 Å². The fourth-order valence-electron chi connectivity index (χ4n) is 1.60. The summed E-state index contributed by atoms with van der Waals surface area (Å²) in [6, 6.07) is 4.92. The van der Waals surface area contributed by atoms with E-state index in [1.54, 1.807) is 0 Å². The smallest absolute Gasteiger partial charge is 0.266 e. The van der Waals surface area contributed by atoms with E-state index in [1.165, 1.54) is 31.3 Å². The van der Waals surface area contributed by atoms with E-state index in [2.05, 4.69) is 9.71 Å². The number of anilines is 1. The Morgan fingerprint density at radius 2 is 2.05 bits per heavy atom. The molecule has 0 fully saturated rings. The molecule has 0 unspecified atom stereocenters. The van der Waals surface area contributed by atoms with Crippen LogP contribution in [0.25, 0.3) is 0 Å². The summed E-state index contributed by atoms with van der Waals surface area (Å²) in [5.74, 6) is -0.953. The van der Waals surface area contributed by atoms with Crippen molar-refractivity contribution < 1.29 is 12.8 Å². The third kappa shape index (κ3) is 2.83. The number of rotatable bonds is 3. The molecule has 0 atom stereocenters. The van der Waals surface area contributed by atoms with Gasteiger partial charge in [-0.1, -0.05) is 17.7 Å². The topological polar surface area (TPSA) is 79.0 Å². The number of H-pyrrole nitrogens is 1. The molecule has 0 radical (unpaired) electrons. The summed E-state index contributed by atoms with van der Waals surface area (Å²) in [6.45, 7) is 1.52. The number of aromatic nitrogens is 1. The maximum Gasteiger partial charge on any atom is 0.266 e. The van der Waals surface area contributed by atoms with Gasteiger partial charge in [0.1, 0.15) is 10.7 Å². The number of aryl methyl sites for hydroxylation is 1. The standard InChI is InChI=1S/C12H10ClFN2O3S/c1-7-5-8(6-15-12(7)17)16-20(18,19)11-9(13)3-2-4-10(11)14/h2-6,16H,1H3,(H,15,17). The minimum atomic E-state index is -4.18. The van der Waals surface area contributed by atoms with Crippen LogP contribution in [0.4, 0.5) is 10.1 Å². The number of halogens is 2. The number of hydrogen-bond acceptors (Lipinski definition) is 3. The molecule has 1 heterocycles. The first kappa shape index (κ1) is 14.5. The Kier molecular flexibility index (Phi) is 3.82. The average molecular weight is 317 g/mol. The zero-order valence-corrected chi connectivity index (χ0v) is 11.8. The molecular weight excluding hydrogens is 307 g/mol. The Hall–Kier alpha value is -1.86. The largest absolute Gasteiger partial charge is 0.327 e. The second-order valence-corrected chi connectivity index (χ2v) is 6.08. The Labute approximate surface area is 119 Å². The van der Waals surface area contributed by atoms with Gasteiger partial charge in [-0.15, -0.1) is 0 Å². The van der Waals surface area contributed by atoms with E-state index >= 15 is 0 Å². The summed E-state index contributed by atoms with van der Waals surface area (Å²) in [5, 5.41) is -0.223. The van der Waals surface area contributed by atoms with E-state index in [1.807, 2.05) is 0 Å². The molecule has 2 rings (SSSR count). The van der Waals surface area contributed by atoms with Gasteiger partial charge in [0.25, 0.3) is 15.6 Å². The highest BCUT2D eigenvalue weighted by Gasteiger charge is 2.22. The summed E-state index contributed by atoms with van der Waals surface area (Å²) in [5.41, 5.74) is 0.100. The average Bonchev–Trinajstić information content (AvgIpc) is 2.33. The van der Waals surface area contributed by atoms with E-state index in [-0.39, 0.29) is 16.3 Å². The minimum absolute atomic E-state index is 0.112. The summed E-state index contributed by atoms with van der Waals surface area (Å²) in [6.07, 6.45) is 1.18. The Bertz CT molecular complexity index is 797. The molecule has 0 bridgehead atoms. The number of benzene rings is 1. The summed E-state index contributed by atoms with van der Waals surface area (Å²) in [7, 11) is -4.18. The predicted octanol–water partition coefficient (Wildman–Crippen LogP) is 2.28. The van der Waals surface area contributed by atoms with Crippen LogP contribution in [0.3, 0.4) is 0 Å². The lowest BCUT2D eigenvalue weighted by atomic mass is 10.3. The van der Waals surface area contributed by atoms with Crippen LogP contribution in [0.5, 0.6) is 0 Å². The predicted molar refractivity (Wildman–Crippen MR) is 74.0 cm³/mol. The molecule has 0 saturated heterocycles. The van der Waals surface area contributed by atoms with Gasteiger partial charge in [-0.3, -0.25) is 9.52 Å². The highest BCUT2D eigenvalue weighted by Crippen LogP contribution is 2.26. The third-order valence-corrected chi connectivity index (χ3v) is 4.41. The number of sulfonamides is 1. The van der Waals surface area contributed by atoms with Crippen molar-refractivity contribution in [1.82, 2.24) is 4.98 Å². The van der Waals surface area contributed by atoms with E-state index < -0.39 is 20.7 Å². The molecular formula is C12H10ClFN2O3S. The highest BCUT2D eigenvalue weighted by atomic mass is 35.5. The summed E-state index contributed by atoms with van der Waals surface area (Å²) < 4.78 is 40.0. The van der Waals surface area contributed by atoms with Gasteiger partial charge in [-0.2, -0.15) is 0 Å². The third-order valence-electron chi connectivity index (χ3n) is 2.53. The molecule has 1 aromatic carbocycles. The molecule has 0 spiro atoms. The highest BCUT2D eigenvalue weighted by molar-refractivity contribution is 7.92. The van der Waals surface area contributed by atoms with Crippen LogP contribution < -0.4 is 10.3 Å². The quantitative estimate of drug-likeness (QED) is 0.911. The zero-order valence-electron chi connectivity index (χ0n) is 10.3. The van der Waals surface area contributed by atoms with Gasteiger partial charge in [0.05, 0.1) is 10.7 Å². The first-order valence-corrected chi connectivity index (χ1v) is 7.33. The molecule has 2 aromatic rings. The van der Waals surface area contributed by atoms with Crippen LogP contribution in [-0.2, 0) is 10.0 Å². The van der Waals surface area contributed by atoms with Crippen molar-refractivity contribution in [3.05, 3.63) is 57.2 Å². The first-order valence-electron chi connectivity index (χ1n) is 5.47. The maximum atomic E-state index is 13.6. The van der Waals surface area contributed by atoms with Crippen molar-refractivity contribution in [3.63, 3.8) is 0 Å². The Morgan fingerprint density at radius 1 is 1.35 bits per heavy atom. The SMILES string of the molecule is Cc1cc(NS(=O)(=O)c2c(F)cccc2Cl)c[nH]c1=O. The van der Waals surface area contributed by atoms with Crippen LogP contribution >= 0.6 is 11.6 Å². The van der Waals surface area contributed by atoms with Crippen molar-refractivity contribution in [3.8, 4) is 0 Å². The molecule has 20 heavy (non-hydrogen) atoms. The molecule has 1 aromatic heterocycles. The van der Waals surface area contributed by atoms with Gasteiger partial charge >= 0.3 is 0 Å². The molecule has 0 aliphatic heterocycles. The van der Waals surface area contributed by atoms with E-state index in [4.69, 9.17) is 11.6 Å². The molecule has 106 valence electrons. The van der Waals surface area contributed by atoms with Crippen LogP contribution in [0.1, 0.15) is 5.56 Å². The van der Waals surface area contributed by atoms with Gasteiger partial charge in [0.2, 0.25) is 0 Å². The number of aromatic amines is 1. The molecule has 8 heteroatoms. The van der Waals surface area contributed by atoms with Crippen molar-refractivity contribution >= 4 is 27.3 Å². The molecule has 5 nitrogen and oxygen atoms in total. The Balaban J connectivity index is 2.46. The summed E-state index contributed by atoms with van der Waals surface area (Å²) in [4.78, 5) is 12.9.